The molecule has 0 amide bonds. The quantitative estimate of drug-likeness (QED) is 0.605. The lowest BCUT2D eigenvalue weighted by molar-refractivity contribution is 0.327. The molecule has 8 nitrogen and oxygen atoms in total. The first-order valence-corrected chi connectivity index (χ1v) is 12.7. The highest BCUT2D eigenvalue weighted by molar-refractivity contribution is 7.86. The molecule has 0 saturated carbocycles. The lowest BCUT2D eigenvalue weighted by Crippen LogP contribution is -2.53. The first-order valence-electron chi connectivity index (χ1n) is 11.3. The molecule has 5 rings (SSSR count). The van der Waals surface area contributed by atoms with Gasteiger partial charge in [0.15, 0.2) is 5.82 Å². The van der Waals surface area contributed by atoms with E-state index in [2.05, 4.69) is 9.88 Å². The molecule has 9 heteroatoms. The van der Waals surface area contributed by atoms with E-state index in [0.29, 0.717) is 45.1 Å². The fourth-order valence-electron chi connectivity index (χ4n) is 4.49. The minimum absolute atomic E-state index is 0.458. The van der Waals surface area contributed by atoms with Gasteiger partial charge in [0, 0.05) is 62.6 Å². The van der Waals surface area contributed by atoms with Crippen molar-refractivity contribution in [2.45, 2.75) is 25.7 Å². The highest BCUT2D eigenvalue weighted by Crippen LogP contribution is 2.28. The van der Waals surface area contributed by atoms with Gasteiger partial charge in [-0.05, 0) is 37.1 Å². The summed E-state index contributed by atoms with van der Waals surface area (Å²) in [7, 11) is -3.41. The molecule has 3 aromatic rings. The summed E-state index contributed by atoms with van der Waals surface area (Å²) in [6.07, 6.45) is 7.61. The number of hydrogen-bond donors (Lipinski definition) is 0. The second-order valence-corrected chi connectivity index (χ2v) is 10.3. The maximum Gasteiger partial charge on any atom is 0.282 e. The van der Waals surface area contributed by atoms with E-state index >= 15 is 0 Å². The van der Waals surface area contributed by atoms with Crippen LogP contribution >= 0.6 is 0 Å². The number of fused-ring (bicyclic) bond motifs is 1. The van der Waals surface area contributed by atoms with E-state index in [1.54, 1.807) is 21.0 Å². The van der Waals surface area contributed by atoms with Crippen LogP contribution in [-0.4, -0.2) is 71.2 Å². The van der Waals surface area contributed by atoms with Gasteiger partial charge in [-0.1, -0.05) is 25.0 Å². The van der Waals surface area contributed by atoms with Crippen LogP contribution in [0.1, 0.15) is 25.7 Å². The summed E-state index contributed by atoms with van der Waals surface area (Å²) >= 11 is 0. The Morgan fingerprint density at radius 1 is 0.750 bits per heavy atom. The SMILES string of the molecule is O=S(=O)(N1CCCCCC1)N1CCN(c2nc(-c3cccnc3)nc3ccccc23)CC1. The van der Waals surface area contributed by atoms with Crippen molar-refractivity contribution in [3.63, 3.8) is 0 Å². The first-order chi connectivity index (χ1) is 15.6. The highest BCUT2D eigenvalue weighted by Gasteiger charge is 2.33. The van der Waals surface area contributed by atoms with Gasteiger partial charge in [-0.2, -0.15) is 17.0 Å². The summed E-state index contributed by atoms with van der Waals surface area (Å²) in [5.41, 5.74) is 1.73. The molecule has 2 aliphatic heterocycles. The van der Waals surface area contributed by atoms with Crippen molar-refractivity contribution in [1.29, 1.82) is 0 Å². The number of benzene rings is 1. The maximum atomic E-state index is 13.2. The number of rotatable bonds is 4. The van der Waals surface area contributed by atoms with Gasteiger partial charge < -0.3 is 4.90 Å². The van der Waals surface area contributed by atoms with Crippen LogP contribution in [0, 0.1) is 0 Å². The third-order valence-corrected chi connectivity index (χ3v) is 8.29. The van der Waals surface area contributed by atoms with Crippen LogP contribution in [0.3, 0.4) is 0 Å². The van der Waals surface area contributed by atoms with E-state index < -0.39 is 10.2 Å². The lowest BCUT2D eigenvalue weighted by atomic mass is 10.2. The van der Waals surface area contributed by atoms with Gasteiger partial charge >= 0.3 is 0 Å². The predicted octanol–water partition coefficient (Wildman–Crippen LogP) is 2.93. The number of hydrogen-bond acceptors (Lipinski definition) is 6. The van der Waals surface area contributed by atoms with E-state index in [9.17, 15) is 8.42 Å². The molecule has 0 atom stereocenters. The number of anilines is 1. The number of para-hydroxylation sites is 1. The van der Waals surface area contributed by atoms with Gasteiger partial charge in [0.25, 0.3) is 10.2 Å². The molecule has 32 heavy (non-hydrogen) atoms. The smallest absolute Gasteiger partial charge is 0.282 e. The molecule has 2 fully saturated rings. The van der Waals surface area contributed by atoms with Gasteiger partial charge in [-0.3, -0.25) is 4.98 Å². The molecule has 2 saturated heterocycles. The van der Waals surface area contributed by atoms with E-state index in [4.69, 9.17) is 9.97 Å². The fraction of sp³-hybridized carbons (Fsp3) is 0.435. The van der Waals surface area contributed by atoms with Gasteiger partial charge in [-0.25, -0.2) is 9.97 Å². The Morgan fingerprint density at radius 2 is 1.47 bits per heavy atom. The van der Waals surface area contributed by atoms with Gasteiger partial charge in [-0.15, -0.1) is 0 Å². The summed E-state index contributed by atoms with van der Waals surface area (Å²) in [4.78, 5) is 16.0. The second-order valence-electron chi connectivity index (χ2n) is 8.34. The van der Waals surface area contributed by atoms with Crippen molar-refractivity contribution < 1.29 is 8.42 Å². The third kappa shape index (κ3) is 4.20. The average Bonchev–Trinajstić information content (AvgIpc) is 3.14. The van der Waals surface area contributed by atoms with Crippen LogP contribution < -0.4 is 4.90 Å². The zero-order valence-electron chi connectivity index (χ0n) is 18.1. The number of nitrogens with zero attached hydrogens (tertiary/aromatic N) is 6. The van der Waals surface area contributed by atoms with Crippen molar-refractivity contribution in [3.8, 4) is 11.4 Å². The highest BCUT2D eigenvalue weighted by atomic mass is 32.2. The molecular formula is C23H28N6O2S. The molecule has 2 aliphatic rings. The van der Waals surface area contributed by atoms with Gasteiger partial charge in [0.1, 0.15) is 5.82 Å². The molecule has 4 heterocycles. The molecule has 0 bridgehead atoms. The van der Waals surface area contributed by atoms with Gasteiger partial charge in [0.05, 0.1) is 5.52 Å². The molecular weight excluding hydrogens is 424 g/mol. The number of pyridine rings is 1. The molecule has 168 valence electrons. The number of aromatic nitrogens is 3. The van der Waals surface area contributed by atoms with Crippen molar-refractivity contribution in [1.82, 2.24) is 23.6 Å². The Labute approximate surface area is 189 Å². The molecule has 0 unspecified atom stereocenters. The van der Waals surface area contributed by atoms with E-state index in [1.807, 2.05) is 36.4 Å². The molecule has 0 N–H and O–H groups in total. The normalized spacial score (nSPS) is 19.2. The lowest BCUT2D eigenvalue weighted by Gasteiger charge is -2.37. The Balaban J connectivity index is 1.40. The van der Waals surface area contributed by atoms with Crippen LogP contribution in [-0.2, 0) is 10.2 Å². The van der Waals surface area contributed by atoms with Crippen LogP contribution in [0.2, 0.25) is 0 Å². The van der Waals surface area contributed by atoms with Crippen molar-refractivity contribution in [2.24, 2.45) is 0 Å². The predicted molar refractivity (Wildman–Crippen MR) is 126 cm³/mol. The van der Waals surface area contributed by atoms with Crippen molar-refractivity contribution in [2.75, 3.05) is 44.2 Å². The summed E-state index contributed by atoms with van der Waals surface area (Å²) in [5, 5.41) is 0.976. The first kappa shape index (κ1) is 21.2. The van der Waals surface area contributed by atoms with Crippen LogP contribution in [0.25, 0.3) is 22.3 Å². The van der Waals surface area contributed by atoms with Gasteiger partial charge in [0.2, 0.25) is 0 Å². The summed E-state index contributed by atoms with van der Waals surface area (Å²) in [6, 6.07) is 11.8. The Kier molecular flexibility index (Phi) is 6.03. The van der Waals surface area contributed by atoms with E-state index in [-0.39, 0.29) is 0 Å². The minimum Gasteiger partial charge on any atom is -0.353 e. The average molecular weight is 453 g/mol. The summed E-state index contributed by atoms with van der Waals surface area (Å²) < 4.78 is 29.7. The van der Waals surface area contributed by atoms with Crippen LogP contribution in [0.5, 0.6) is 0 Å². The molecule has 0 radical (unpaired) electrons. The molecule has 2 aromatic heterocycles. The number of piperazine rings is 1. The second kappa shape index (κ2) is 9.09. The molecule has 1 aromatic carbocycles. The van der Waals surface area contributed by atoms with Crippen LogP contribution in [0.4, 0.5) is 5.82 Å². The van der Waals surface area contributed by atoms with Crippen molar-refractivity contribution in [3.05, 3.63) is 48.8 Å². The zero-order chi connectivity index (χ0) is 22.0. The van der Waals surface area contributed by atoms with Crippen molar-refractivity contribution >= 4 is 26.9 Å². The summed E-state index contributed by atoms with van der Waals surface area (Å²) in [6.45, 7) is 3.38. The standard InChI is InChI=1S/C23H28N6O2S/c30-32(31,28-12-5-1-2-6-13-28)29-16-14-27(15-17-29)23-20-9-3-4-10-21(20)25-22(26-23)19-8-7-11-24-18-19/h3-4,7-11,18H,1-2,5-6,12-17H2. The largest absolute Gasteiger partial charge is 0.353 e. The zero-order valence-corrected chi connectivity index (χ0v) is 18.9. The topological polar surface area (TPSA) is 82.5 Å². The Bertz CT molecular complexity index is 1170. The molecule has 0 aliphatic carbocycles. The van der Waals surface area contributed by atoms with E-state index in [0.717, 1.165) is 48.0 Å². The van der Waals surface area contributed by atoms with E-state index in [1.165, 1.54) is 0 Å². The monoisotopic (exact) mass is 452 g/mol. The minimum atomic E-state index is -3.41. The Morgan fingerprint density at radius 3 is 2.19 bits per heavy atom. The third-order valence-electron chi connectivity index (χ3n) is 6.26. The Hall–Kier alpha value is -2.62. The van der Waals surface area contributed by atoms with Crippen LogP contribution in [0.15, 0.2) is 48.8 Å². The maximum absolute atomic E-state index is 13.2. The summed E-state index contributed by atoms with van der Waals surface area (Å²) in [5.74, 6) is 1.48. The molecule has 0 spiro atoms. The fourth-order valence-corrected chi connectivity index (χ4v) is 6.16.